The molecule has 3 aromatic rings. The van der Waals surface area contributed by atoms with E-state index in [4.69, 9.17) is 4.74 Å². The number of carbonyl (C=O) groups is 1. The molecule has 1 atom stereocenters. The van der Waals surface area contributed by atoms with Crippen molar-refractivity contribution in [2.75, 3.05) is 12.0 Å². The smallest absolute Gasteiger partial charge is 0.295 e. The molecule has 1 aliphatic heterocycles. The lowest BCUT2D eigenvalue weighted by atomic mass is 10.1. The lowest BCUT2D eigenvalue weighted by Crippen LogP contribution is -2.31. The second-order valence-corrected chi connectivity index (χ2v) is 9.13. The van der Waals surface area contributed by atoms with E-state index in [9.17, 15) is 18.3 Å². The number of hydrogen-bond donors (Lipinski definition) is 1. The highest BCUT2D eigenvalue weighted by molar-refractivity contribution is 7.95. The molecule has 1 aliphatic rings. The SMILES string of the molecule is COc1ccc([C@@H]2C(S(=O)(=O)c3ccc(C)cc3)=C(O)C(=O)N2c2ccccc2)cc1. The zero-order valence-corrected chi connectivity index (χ0v) is 17.8. The zero-order valence-electron chi connectivity index (χ0n) is 17.0. The molecule has 7 heteroatoms. The van der Waals surface area contributed by atoms with Crippen LogP contribution in [0, 0.1) is 6.92 Å². The van der Waals surface area contributed by atoms with Gasteiger partial charge in [0.15, 0.2) is 5.76 Å². The van der Waals surface area contributed by atoms with Gasteiger partial charge in [-0.05, 0) is 48.9 Å². The van der Waals surface area contributed by atoms with Gasteiger partial charge in [-0.1, -0.05) is 48.0 Å². The molecule has 158 valence electrons. The van der Waals surface area contributed by atoms with Crippen molar-refractivity contribution in [1.82, 2.24) is 0 Å². The summed E-state index contributed by atoms with van der Waals surface area (Å²) in [6.45, 7) is 1.85. The Morgan fingerprint density at radius 1 is 0.903 bits per heavy atom. The molecule has 3 aromatic carbocycles. The van der Waals surface area contributed by atoms with Crippen LogP contribution < -0.4 is 9.64 Å². The van der Waals surface area contributed by atoms with Crippen LogP contribution in [0.25, 0.3) is 0 Å². The summed E-state index contributed by atoms with van der Waals surface area (Å²) in [5.41, 5.74) is 1.92. The lowest BCUT2D eigenvalue weighted by molar-refractivity contribution is -0.117. The standard InChI is InChI=1S/C24H21NO5S/c1-16-8-14-20(15-9-16)31(28,29)23-21(17-10-12-19(30-2)13-11-17)25(24(27)22(23)26)18-6-4-3-5-7-18/h3-15,21,26H,1-2H3/t21-/m1/s1. The van der Waals surface area contributed by atoms with Gasteiger partial charge in [-0.3, -0.25) is 9.69 Å². The molecule has 0 saturated carbocycles. The van der Waals surface area contributed by atoms with E-state index >= 15 is 0 Å². The third-order valence-corrected chi connectivity index (χ3v) is 7.14. The average molecular weight is 436 g/mol. The van der Waals surface area contributed by atoms with Crippen LogP contribution in [-0.2, 0) is 14.6 Å². The Kier molecular flexibility index (Phi) is 5.29. The summed E-state index contributed by atoms with van der Waals surface area (Å²) >= 11 is 0. The van der Waals surface area contributed by atoms with E-state index in [-0.39, 0.29) is 9.80 Å². The maximum absolute atomic E-state index is 13.6. The lowest BCUT2D eigenvalue weighted by Gasteiger charge is -2.27. The molecule has 6 nitrogen and oxygen atoms in total. The molecule has 1 amide bonds. The van der Waals surface area contributed by atoms with E-state index in [0.717, 1.165) is 5.56 Å². The van der Waals surface area contributed by atoms with Crippen molar-refractivity contribution in [3.63, 3.8) is 0 Å². The number of aliphatic hydroxyl groups excluding tert-OH is 1. The second kappa shape index (κ2) is 7.92. The van der Waals surface area contributed by atoms with Crippen LogP contribution in [0.1, 0.15) is 17.2 Å². The van der Waals surface area contributed by atoms with Gasteiger partial charge in [0, 0.05) is 5.69 Å². The van der Waals surface area contributed by atoms with Gasteiger partial charge in [0.05, 0.1) is 12.0 Å². The van der Waals surface area contributed by atoms with E-state index < -0.39 is 27.5 Å². The van der Waals surface area contributed by atoms with Crippen LogP contribution in [0.4, 0.5) is 5.69 Å². The van der Waals surface area contributed by atoms with Crippen LogP contribution in [0.15, 0.2) is 94.4 Å². The van der Waals surface area contributed by atoms with E-state index in [1.54, 1.807) is 66.7 Å². The molecule has 1 heterocycles. The van der Waals surface area contributed by atoms with E-state index in [2.05, 4.69) is 0 Å². The Labute approximate surface area is 180 Å². The number of rotatable bonds is 5. The normalized spacial score (nSPS) is 16.6. The summed E-state index contributed by atoms with van der Waals surface area (Å²) in [4.78, 5) is 14.1. The minimum absolute atomic E-state index is 0.0147. The van der Waals surface area contributed by atoms with Gasteiger partial charge in [-0.15, -0.1) is 0 Å². The Bertz CT molecular complexity index is 1250. The van der Waals surface area contributed by atoms with Gasteiger partial charge in [0.1, 0.15) is 16.7 Å². The van der Waals surface area contributed by atoms with Gasteiger partial charge in [-0.25, -0.2) is 8.42 Å². The van der Waals surface area contributed by atoms with Crippen LogP contribution in [0.2, 0.25) is 0 Å². The van der Waals surface area contributed by atoms with Crippen molar-refractivity contribution in [3.8, 4) is 5.75 Å². The second-order valence-electron chi connectivity index (χ2n) is 7.22. The first-order valence-corrected chi connectivity index (χ1v) is 11.1. The fourth-order valence-electron chi connectivity index (χ4n) is 3.64. The third-order valence-electron chi connectivity index (χ3n) is 5.25. The van der Waals surface area contributed by atoms with Crippen LogP contribution in [0.5, 0.6) is 5.75 Å². The molecule has 0 spiro atoms. The first-order chi connectivity index (χ1) is 14.8. The number of benzene rings is 3. The van der Waals surface area contributed by atoms with Crippen molar-refractivity contribution in [2.24, 2.45) is 0 Å². The van der Waals surface area contributed by atoms with Crippen LogP contribution in [-0.4, -0.2) is 26.5 Å². The molecule has 4 rings (SSSR count). The number of para-hydroxylation sites is 1. The summed E-state index contributed by atoms with van der Waals surface area (Å²) in [6, 6.07) is 20.7. The van der Waals surface area contributed by atoms with Gasteiger partial charge in [0.25, 0.3) is 5.91 Å². The highest BCUT2D eigenvalue weighted by Crippen LogP contribution is 2.44. The quantitative estimate of drug-likeness (QED) is 0.645. The molecule has 0 radical (unpaired) electrons. The molecular weight excluding hydrogens is 414 g/mol. The Balaban J connectivity index is 1.92. The van der Waals surface area contributed by atoms with Crippen molar-refractivity contribution >= 4 is 21.4 Å². The number of aryl methyl sites for hydroxylation is 1. The number of hydrogen-bond acceptors (Lipinski definition) is 5. The van der Waals surface area contributed by atoms with Gasteiger partial charge < -0.3 is 9.84 Å². The number of amides is 1. The number of anilines is 1. The molecular formula is C24H21NO5S. The Hall–Kier alpha value is -3.58. The van der Waals surface area contributed by atoms with Crippen molar-refractivity contribution in [3.05, 3.63) is 101 Å². The number of aliphatic hydroxyl groups is 1. The summed E-state index contributed by atoms with van der Waals surface area (Å²) in [6.07, 6.45) is 0. The van der Waals surface area contributed by atoms with Crippen molar-refractivity contribution in [2.45, 2.75) is 17.9 Å². The number of methoxy groups -OCH3 is 1. The molecule has 0 unspecified atom stereocenters. The largest absolute Gasteiger partial charge is 0.502 e. The fourth-order valence-corrected chi connectivity index (χ4v) is 5.27. The number of carbonyl (C=O) groups excluding carboxylic acids is 1. The number of ether oxygens (including phenoxy) is 1. The topological polar surface area (TPSA) is 83.9 Å². The summed E-state index contributed by atoms with van der Waals surface area (Å²) in [7, 11) is -2.62. The summed E-state index contributed by atoms with van der Waals surface area (Å²) < 4.78 is 32.3. The van der Waals surface area contributed by atoms with E-state index in [1.807, 2.05) is 6.92 Å². The first kappa shape index (κ1) is 20.7. The van der Waals surface area contributed by atoms with Gasteiger partial charge in [-0.2, -0.15) is 0 Å². The summed E-state index contributed by atoms with van der Waals surface area (Å²) in [5.74, 6) is -0.946. The molecule has 0 fully saturated rings. The predicted molar refractivity (Wildman–Crippen MR) is 118 cm³/mol. The fraction of sp³-hybridized carbons (Fsp3) is 0.125. The molecule has 0 aliphatic carbocycles. The Morgan fingerprint density at radius 2 is 1.52 bits per heavy atom. The highest BCUT2D eigenvalue weighted by Gasteiger charge is 2.47. The summed E-state index contributed by atoms with van der Waals surface area (Å²) in [5, 5.41) is 10.8. The van der Waals surface area contributed by atoms with Crippen molar-refractivity contribution < 1.29 is 23.1 Å². The number of sulfone groups is 1. The molecule has 1 N–H and O–H groups in total. The van der Waals surface area contributed by atoms with Gasteiger partial charge in [0.2, 0.25) is 9.84 Å². The van der Waals surface area contributed by atoms with Crippen molar-refractivity contribution in [1.29, 1.82) is 0 Å². The minimum Gasteiger partial charge on any atom is -0.502 e. The maximum Gasteiger partial charge on any atom is 0.295 e. The molecule has 31 heavy (non-hydrogen) atoms. The third kappa shape index (κ3) is 3.57. The zero-order chi connectivity index (χ0) is 22.2. The minimum atomic E-state index is -4.16. The predicted octanol–water partition coefficient (Wildman–Crippen LogP) is 4.34. The van der Waals surface area contributed by atoms with Gasteiger partial charge >= 0.3 is 0 Å². The Morgan fingerprint density at radius 3 is 2.10 bits per heavy atom. The van der Waals surface area contributed by atoms with E-state index in [0.29, 0.717) is 17.0 Å². The molecule has 0 saturated heterocycles. The number of nitrogens with zero attached hydrogens (tertiary/aromatic N) is 1. The average Bonchev–Trinajstić information content (AvgIpc) is 3.06. The molecule has 0 aromatic heterocycles. The van der Waals surface area contributed by atoms with Crippen LogP contribution in [0.3, 0.4) is 0 Å². The molecule has 0 bridgehead atoms. The highest BCUT2D eigenvalue weighted by atomic mass is 32.2. The van der Waals surface area contributed by atoms with E-state index in [1.165, 1.54) is 24.1 Å². The van der Waals surface area contributed by atoms with Crippen LogP contribution >= 0.6 is 0 Å². The monoisotopic (exact) mass is 435 g/mol. The first-order valence-electron chi connectivity index (χ1n) is 9.62. The maximum atomic E-state index is 13.6.